The third kappa shape index (κ3) is 3.32. The largest absolute Gasteiger partial charge is 0.478 e. The van der Waals surface area contributed by atoms with Crippen molar-refractivity contribution in [2.45, 2.75) is 6.42 Å². The molecule has 5 heteroatoms. The van der Waals surface area contributed by atoms with Crippen molar-refractivity contribution in [1.82, 2.24) is 0 Å². The van der Waals surface area contributed by atoms with E-state index in [2.05, 4.69) is 15.9 Å². The van der Waals surface area contributed by atoms with Crippen LogP contribution in [0.2, 0.25) is 5.02 Å². The molecule has 0 saturated heterocycles. The second-order valence-corrected chi connectivity index (χ2v) is 4.24. The molecule has 0 fully saturated rings. The van der Waals surface area contributed by atoms with Crippen molar-refractivity contribution in [3.05, 3.63) is 40.2 Å². The van der Waals surface area contributed by atoms with E-state index in [4.69, 9.17) is 16.7 Å². The average Bonchev–Trinajstić information content (AvgIpc) is 2.22. The minimum Gasteiger partial charge on any atom is -0.478 e. The lowest BCUT2D eigenvalue weighted by Crippen LogP contribution is -1.99. The van der Waals surface area contributed by atoms with Gasteiger partial charge in [0.05, 0.1) is 10.6 Å². The van der Waals surface area contributed by atoms with Crippen molar-refractivity contribution < 1.29 is 14.3 Å². The summed E-state index contributed by atoms with van der Waals surface area (Å²) < 4.78 is 13.4. The van der Waals surface area contributed by atoms with E-state index in [1.807, 2.05) is 0 Å². The number of hydrogen-bond acceptors (Lipinski definition) is 1. The van der Waals surface area contributed by atoms with E-state index in [9.17, 15) is 9.18 Å². The molecule has 0 saturated carbocycles. The molecule has 0 radical (unpaired) electrons. The van der Waals surface area contributed by atoms with Crippen LogP contribution in [0.5, 0.6) is 0 Å². The SMILES string of the molecule is O=C(O)c1cc(F)c(C=CCCBr)cc1Cl. The van der Waals surface area contributed by atoms with Gasteiger partial charge in [-0.25, -0.2) is 9.18 Å². The maximum absolute atomic E-state index is 13.4. The van der Waals surface area contributed by atoms with Gasteiger partial charge in [-0.05, 0) is 18.6 Å². The van der Waals surface area contributed by atoms with Crippen LogP contribution in [-0.2, 0) is 0 Å². The molecule has 1 rings (SSSR count). The summed E-state index contributed by atoms with van der Waals surface area (Å²) in [5, 5.41) is 9.54. The van der Waals surface area contributed by atoms with Crippen LogP contribution >= 0.6 is 27.5 Å². The molecule has 0 atom stereocenters. The average molecular weight is 308 g/mol. The fourth-order valence-electron chi connectivity index (χ4n) is 1.13. The van der Waals surface area contributed by atoms with Gasteiger partial charge in [0.2, 0.25) is 0 Å². The Morgan fingerprint density at radius 1 is 1.56 bits per heavy atom. The molecule has 2 nitrogen and oxygen atoms in total. The molecule has 0 aromatic heterocycles. The van der Waals surface area contributed by atoms with Crippen LogP contribution in [0.1, 0.15) is 22.3 Å². The molecule has 0 aliphatic carbocycles. The van der Waals surface area contributed by atoms with Crippen LogP contribution in [0.4, 0.5) is 4.39 Å². The van der Waals surface area contributed by atoms with Crippen LogP contribution in [0.3, 0.4) is 0 Å². The summed E-state index contributed by atoms with van der Waals surface area (Å²) in [5.74, 6) is -1.83. The number of allylic oxidation sites excluding steroid dienone is 1. The lowest BCUT2D eigenvalue weighted by Gasteiger charge is -2.02. The number of hydrogen-bond donors (Lipinski definition) is 1. The zero-order valence-corrected chi connectivity index (χ0v) is 10.6. The molecule has 0 amide bonds. The Hall–Kier alpha value is -0.870. The zero-order chi connectivity index (χ0) is 12.1. The van der Waals surface area contributed by atoms with Crippen molar-refractivity contribution in [1.29, 1.82) is 0 Å². The fourth-order valence-corrected chi connectivity index (χ4v) is 1.64. The molecule has 1 N–H and O–H groups in total. The Balaban J connectivity index is 3.05. The molecule has 1 aromatic carbocycles. The Labute approximate surface area is 106 Å². The molecule has 16 heavy (non-hydrogen) atoms. The van der Waals surface area contributed by atoms with Crippen LogP contribution in [0, 0.1) is 5.82 Å². The summed E-state index contributed by atoms with van der Waals surface area (Å²) in [6.45, 7) is 0. The fraction of sp³-hybridized carbons (Fsp3) is 0.182. The standard InChI is InChI=1S/C11H9BrClFO2/c12-4-2-1-3-7-5-9(13)8(11(15)16)6-10(7)14/h1,3,5-6H,2,4H2,(H,15,16). The summed E-state index contributed by atoms with van der Waals surface area (Å²) in [6, 6.07) is 2.24. The van der Waals surface area contributed by atoms with Crippen LogP contribution in [-0.4, -0.2) is 16.4 Å². The molecular formula is C11H9BrClFO2. The van der Waals surface area contributed by atoms with Crippen molar-refractivity contribution in [2.75, 3.05) is 5.33 Å². The third-order valence-corrected chi connectivity index (χ3v) is 2.66. The molecule has 0 bridgehead atoms. The maximum atomic E-state index is 13.4. The number of rotatable bonds is 4. The molecular weight excluding hydrogens is 298 g/mol. The predicted molar refractivity (Wildman–Crippen MR) is 65.8 cm³/mol. The van der Waals surface area contributed by atoms with Crippen LogP contribution < -0.4 is 0 Å². The molecule has 0 aliphatic rings. The van der Waals surface area contributed by atoms with Gasteiger partial charge in [0.15, 0.2) is 0 Å². The van der Waals surface area contributed by atoms with E-state index >= 15 is 0 Å². The first kappa shape index (κ1) is 13.2. The predicted octanol–water partition coefficient (Wildman–Crippen LogP) is 3.98. The smallest absolute Gasteiger partial charge is 0.337 e. The molecule has 0 spiro atoms. The molecule has 0 unspecified atom stereocenters. The van der Waals surface area contributed by atoms with Gasteiger partial charge in [0.1, 0.15) is 5.82 Å². The van der Waals surface area contributed by atoms with E-state index < -0.39 is 11.8 Å². The van der Waals surface area contributed by atoms with Gasteiger partial charge in [-0.3, -0.25) is 0 Å². The number of aromatic carboxylic acids is 1. The van der Waals surface area contributed by atoms with Crippen molar-refractivity contribution in [3.8, 4) is 0 Å². The van der Waals surface area contributed by atoms with Crippen molar-refractivity contribution in [2.24, 2.45) is 0 Å². The van der Waals surface area contributed by atoms with Crippen LogP contribution in [0.15, 0.2) is 18.2 Å². The molecule has 0 aliphatic heterocycles. The monoisotopic (exact) mass is 306 g/mol. The Morgan fingerprint density at radius 3 is 2.81 bits per heavy atom. The number of carboxylic acid groups (broad SMARTS) is 1. The van der Waals surface area contributed by atoms with E-state index in [1.54, 1.807) is 12.2 Å². The lowest BCUT2D eigenvalue weighted by atomic mass is 10.1. The number of carboxylic acids is 1. The Kier molecular flexibility index (Phi) is 4.96. The van der Waals surface area contributed by atoms with Gasteiger partial charge < -0.3 is 5.11 Å². The van der Waals surface area contributed by atoms with Gasteiger partial charge in [-0.2, -0.15) is 0 Å². The van der Waals surface area contributed by atoms with Crippen molar-refractivity contribution >= 4 is 39.6 Å². The van der Waals surface area contributed by atoms with Gasteiger partial charge in [-0.1, -0.05) is 39.7 Å². The molecule has 1 aromatic rings. The first-order chi connectivity index (χ1) is 7.56. The van der Waals surface area contributed by atoms with Gasteiger partial charge >= 0.3 is 5.97 Å². The van der Waals surface area contributed by atoms with Gasteiger partial charge in [0.25, 0.3) is 0 Å². The number of benzene rings is 1. The summed E-state index contributed by atoms with van der Waals surface area (Å²) in [6.07, 6.45) is 4.12. The minimum absolute atomic E-state index is 0.0346. The highest BCUT2D eigenvalue weighted by Gasteiger charge is 2.12. The van der Waals surface area contributed by atoms with Crippen LogP contribution in [0.25, 0.3) is 6.08 Å². The van der Waals surface area contributed by atoms with Crippen molar-refractivity contribution in [3.63, 3.8) is 0 Å². The Bertz CT molecular complexity index is 432. The van der Waals surface area contributed by atoms with E-state index in [1.165, 1.54) is 6.07 Å². The Morgan fingerprint density at radius 2 is 2.25 bits per heavy atom. The van der Waals surface area contributed by atoms with E-state index in [-0.39, 0.29) is 16.1 Å². The quantitative estimate of drug-likeness (QED) is 0.854. The highest BCUT2D eigenvalue weighted by molar-refractivity contribution is 9.09. The first-order valence-corrected chi connectivity index (χ1v) is 6.01. The van der Waals surface area contributed by atoms with E-state index in [0.717, 1.165) is 17.8 Å². The lowest BCUT2D eigenvalue weighted by molar-refractivity contribution is 0.0696. The number of halogens is 3. The topological polar surface area (TPSA) is 37.3 Å². The highest BCUT2D eigenvalue weighted by atomic mass is 79.9. The molecule has 86 valence electrons. The highest BCUT2D eigenvalue weighted by Crippen LogP contribution is 2.22. The number of carbonyl (C=O) groups is 1. The molecule has 0 heterocycles. The summed E-state index contributed by atoms with van der Waals surface area (Å²) in [7, 11) is 0. The number of alkyl halides is 1. The maximum Gasteiger partial charge on any atom is 0.337 e. The zero-order valence-electron chi connectivity index (χ0n) is 8.21. The summed E-state index contributed by atoms with van der Waals surface area (Å²) >= 11 is 8.96. The normalized spacial score (nSPS) is 10.9. The second-order valence-electron chi connectivity index (χ2n) is 3.04. The summed E-state index contributed by atoms with van der Waals surface area (Å²) in [4.78, 5) is 10.7. The van der Waals surface area contributed by atoms with Gasteiger partial charge in [-0.15, -0.1) is 0 Å². The third-order valence-electron chi connectivity index (χ3n) is 1.89. The summed E-state index contributed by atoms with van der Waals surface area (Å²) in [5.41, 5.74) is 0.0627. The van der Waals surface area contributed by atoms with E-state index in [0.29, 0.717) is 0 Å². The second kappa shape index (κ2) is 6.01. The minimum atomic E-state index is -1.24. The van der Waals surface area contributed by atoms with Gasteiger partial charge in [0, 0.05) is 10.9 Å². The first-order valence-electron chi connectivity index (χ1n) is 4.51.